The van der Waals surface area contributed by atoms with E-state index in [2.05, 4.69) is 62.3 Å². The molecule has 3 aromatic rings. The van der Waals surface area contributed by atoms with E-state index in [1.807, 2.05) is 0 Å². The van der Waals surface area contributed by atoms with Gasteiger partial charge in [-0.1, -0.05) is 18.2 Å². The summed E-state index contributed by atoms with van der Waals surface area (Å²) in [5.41, 5.74) is 2.74. The van der Waals surface area contributed by atoms with Crippen LogP contribution >= 0.6 is 0 Å². The molecule has 2 aromatic heterocycles. The molecule has 144 valence electrons. The van der Waals surface area contributed by atoms with Gasteiger partial charge in [0.05, 0.1) is 5.56 Å². The van der Waals surface area contributed by atoms with Gasteiger partial charge < -0.3 is 19.9 Å². The number of aromatic nitrogens is 3. The van der Waals surface area contributed by atoms with Gasteiger partial charge in [-0.25, -0.2) is 14.8 Å². The number of aromatic carboxylic acids is 1. The lowest BCUT2D eigenvalue weighted by atomic mass is 10.1. The van der Waals surface area contributed by atoms with Crippen molar-refractivity contribution in [2.45, 2.75) is 6.54 Å². The maximum atomic E-state index is 10.9. The summed E-state index contributed by atoms with van der Waals surface area (Å²) in [5, 5.41) is 13.9. The van der Waals surface area contributed by atoms with E-state index in [9.17, 15) is 4.79 Å². The SMILES string of the molecule is Cn1cc(CNCC2C3CN(c4ncc(C(=O)O)cn4)CC23)c2ccccc21. The first-order chi connectivity index (χ1) is 13.6. The fourth-order valence-electron chi connectivity index (χ4n) is 4.65. The first kappa shape index (κ1) is 17.2. The van der Waals surface area contributed by atoms with Crippen molar-refractivity contribution in [3.05, 3.63) is 54.0 Å². The van der Waals surface area contributed by atoms with E-state index in [-0.39, 0.29) is 5.56 Å². The van der Waals surface area contributed by atoms with Crippen molar-refractivity contribution in [1.29, 1.82) is 0 Å². The quantitative estimate of drug-likeness (QED) is 0.685. The van der Waals surface area contributed by atoms with E-state index >= 15 is 0 Å². The third-order valence-corrected chi connectivity index (χ3v) is 6.21. The Labute approximate surface area is 163 Å². The molecule has 0 bridgehead atoms. The van der Waals surface area contributed by atoms with Crippen LogP contribution in [0.5, 0.6) is 0 Å². The highest BCUT2D eigenvalue weighted by molar-refractivity contribution is 5.86. The van der Waals surface area contributed by atoms with Crippen molar-refractivity contribution in [1.82, 2.24) is 19.9 Å². The third kappa shape index (κ3) is 2.92. The number of nitrogens with one attached hydrogen (secondary N) is 1. The van der Waals surface area contributed by atoms with Crippen LogP contribution in [0.4, 0.5) is 5.95 Å². The van der Waals surface area contributed by atoms with Crippen molar-refractivity contribution in [3.8, 4) is 0 Å². The zero-order valence-electron chi connectivity index (χ0n) is 15.7. The highest BCUT2D eigenvalue weighted by atomic mass is 16.4. The van der Waals surface area contributed by atoms with E-state index in [4.69, 9.17) is 5.11 Å². The average Bonchev–Trinajstić information content (AvgIpc) is 3.03. The van der Waals surface area contributed by atoms with Crippen molar-refractivity contribution in [2.24, 2.45) is 24.8 Å². The number of nitrogens with zero attached hydrogens (tertiary/aromatic N) is 4. The number of carboxylic acid groups (broad SMARTS) is 1. The van der Waals surface area contributed by atoms with Gasteiger partial charge in [-0.3, -0.25) is 0 Å². The summed E-state index contributed by atoms with van der Waals surface area (Å²) in [6.07, 6.45) is 4.99. The predicted octanol–water partition coefficient (Wildman–Crippen LogP) is 2.14. The summed E-state index contributed by atoms with van der Waals surface area (Å²) in [5.74, 6) is 1.72. The lowest BCUT2D eigenvalue weighted by molar-refractivity contribution is 0.0696. The summed E-state index contributed by atoms with van der Waals surface area (Å²) in [4.78, 5) is 21.5. The lowest BCUT2D eigenvalue weighted by Gasteiger charge is -2.19. The Kier molecular flexibility index (Phi) is 4.05. The van der Waals surface area contributed by atoms with Crippen molar-refractivity contribution < 1.29 is 9.90 Å². The van der Waals surface area contributed by atoms with Crippen molar-refractivity contribution >= 4 is 22.8 Å². The number of carbonyl (C=O) groups is 1. The molecule has 1 aliphatic carbocycles. The van der Waals surface area contributed by atoms with E-state index < -0.39 is 5.97 Å². The second-order valence-electron chi connectivity index (χ2n) is 7.89. The molecule has 0 radical (unpaired) electrons. The standard InChI is InChI=1S/C21H23N5O2/c1-25-10-14(15-4-2-3-5-19(15)25)6-22-9-16-17-11-26(12-18(16)17)21-23-7-13(8-24-21)20(27)28/h2-5,7-8,10,16-18,22H,6,9,11-12H2,1H3,(H,27,28). The first-order valence-electron chi connectivity index (χ1n) is 9.66. The number of hydrogen-bond donors (Lipinski definition) is 2. The van der Waals surface area contributed by atoms with Crippen LogP contribution in [0.1, 0.15) is 15.9 Å². The minimum Gasteiger partial charge on any atom is -0.478 e. The molecule has 7 nitrogen and oxygen atoms in total. The number of anilines is 1. The van der Waals surface area contributed by atoms with Gasteiger partial charge in [0.25, 0.3) is 0 Å². The second kappa shape index (κ2) is 6.60. The summed E-state index contributed by atoms with van der Waals surface area (Å²) in [7, 11) is 2.09. The van der Waals surface area contributed by atoms with Gasteiger partial charge in [0.1, 0.15) is 0 Å². The Morgan fingerprint density at radius 3 is 2.64 bits per heavy atom. The largest absolute Gasteiger partial charge is 0.478 e. The van der Waals surface area contributed by atoms with Crippen LogP contribution in [-0.2, 0) is 13.6 Å². The number of hydrogen-bond acceptors (Lipinski definition) is 5. The second-order valence-corrected chi connectivity index (χ2v) is 7.89. The number of carboxylic acids is 1. The summed E-state index contributed by atoms with van der Waals surface area (Å²) < 4.78 is 2.19. The van der Waals surface area contributed by atoms with Gasteiger partial charge in [-0.15, -0.1) is 0 Å². The Hall–Kier alpha value is -2.93. The van der Waals surface area contributed by atoms with Crippen LogP contribution in [0.2, 0.25) is 0 Å². The maximum absolute atomic E-state index is 10.9. The van der Waals surface area contributed by atoms with Crippen LogP contribution in [0, 0.1) is 17.8 Å². The molecule has 2 fully saturated rings. The highest BCUT2D eigenvalue weighted by Gasteiger charge is 2.55. The molecule has 2 N–H and O–H groups in total. The summed E-state index contributed by atoms with van der Waals surface area (Å²) >= 11 is 0. The van der Waals surface area contributed by atoms with Gasteiger partial charge in [0.15, 0.2) is 0 Å². The zero-order valence-corrected chi connectivity index (χ0v) is 15.7. The molecule has 0 spiro atoms. The van der Waals surface area contributed by atoms with E-state index in [1.165, 1.54) is 28.9 Å². The molecule has 1 saturated carbocycles. The maximum Gasteiger partial charge on any atom is 0.338 e. The molecule has 28 heavy (non-hydrogen) atoms. The molecule has 0 amide bonds. The molecule has 2 atom stereocenters. The van der Waals surface area contributed by atoms with Crippen LogP contribution in [0.25, 0.3) is 10.9 Å². The predicted molar refractivity (Wildman–Crippen MR) is 106 cm³/mol. The Morgan fingerprint density at radius 1 is 1.21 bits per heavy atom. The summed E-state index contributed by atoms with van der Waals surface area (Å²) in [6, 6.07) is 8.52. The minimum atomic E-state index is -0.992. The molecule has 1 aromatic carbocycles. The molecule has 1 saturated heterocycles. The first-order valence-corrected chi connectivity index (χ1v) is 9.66. The van der Waals surface area contributed by atoms with E-state index in [1.54, 1.807) is 0 Å². The van der Waals surface area contributed by atoms with Gasteiger partial charge in [-0.05, 0) is 35.9 Å². The van der Waals surface area contributed by atoms with E-state index in [0.717, 1.165) is 26.2 Å². The van der Waals surface area contributed by atoms with Crippen LogP contribution in [0.15, 0.2) is 42.9 Å². The number of piperidine rings is 1. The molecule has 5 rings (SSSR count). The molecule has 2 unspecified atom stereocenters. The zero-order chi connectivity index (χ0) is 19.3. The smallest absolute Gasteiger partial charge is 0.338 e. The molecule has 7 heteroatoms. The Morgan fingerprint density at radius 2 is 1.93 bits per heavy atom. The number of rotatable bonds is 6. The molecular formula is C21H23N5O2. The fraction of sp³-hybridized carbons (Fsp3) is 0.381. The van der Waals surface area contributed by atoms with Crippen LogP contribution in [-0.4, -0.2) is 45.2 Å². The normalized spacial score (nSPS) is 23.2. The fourth-order valence-corrected chi connectivity index (χ4v) is 4.65. The lowest BCUT2D eigenvalue weighted by Crippen LogP contribution is -2.28. The molecule has 3 heterocycles. The highest BCUT2D eigenvalue weighted by Crippen LogP contribution is 2.51. The molecule has 2 aliphatic rings. The monoisotopic (exact) mass is 377 g/mol. The average molecular weight is 377 g/mol. The van der Waals surface area contributed by atoms with Gasteiger partial charge in [0.2, 0.25) is 5.95 Å². The van der Waals surface area contributed by atoms with Crippen LogP contribution in [0.3, 0.4) is 0 Å². The number of aryl methyl sites for hydroxylation is 1. The Bertz CT molecular complexity index is 1020. The van der Waals surface area contributed by atoms with Gasteiger partial charge in [0, 0.05) is 56.2 Å². The van der Waals surface area contributed by atoms with Crippen molar-refractivity contribution in [2.75, 3.05) is 24.5 Å². The molecular weight excluding hydrogens is 354 g/mol. The molecule has 1 aliphatic heterocycles. The van der Waals surface area contributed by atoms with Gasteiger partial charge in [-0.2, -0.15) is 0 Å². The van der Waals surface area contributed by atoms with E-state index in [0.29, 0.717) is 23.7 Å². The summed E-state index contributed by atoms with van der Waals surface area (Å²) in [6.45, 7) is 3.83. The Balaban J connectivity index is 1.14. The number of fused-ring (bicyclic) bond motifs is 2. The van der Waals surface area contributed by atoms with Crippen LogP contribution < -0.4 is 10.2 Å². The minimum absolute atomic E-state index is 0.128. The number of para-hydroxylation sites is 1. The third-order valence-electron chi connectivity index (χ3n) is 6.21. The van der Waals surface area contributed by atoms with Gasteiger partial charge >= 0.3 is 5.97 Å². The van der Waals surface area contributed by atoms with Crippen molar-refractivity contribution in [3.63, 3.8) is 0 Å². The topological polar surface area (TPSA) is 83.3 Å². The number of benzene rings is 1.